The molecule has 0 bridgehead atoms. The van der Waals surface area contributed by atoms with E-state index in [1.807, 2.05) is 17.0 Å². The average molecular weight is 305 g/mol. The van der Waals surface area contributed by atoms with Gasteiger partial charge in [0.1, 0.15) is 18.4 Å². The molecule has 120 valence electrons. The maximum Gasteiger partial charge on any atom is 0.252 e. The molecule has 1 atom stereocenters. The van der Waals surface area contributed by atoms with Crippen molar-refractivity contribution in [2.45, 2.75) is 25.5 Å². The maximum absolute atomic E-state index is 12.3. The number of benzene rings is 1. The van der Waals surface area contributed by atoms with E-state index >= 15 is 0 Å². The third-order valence-corrected chi connectivity index (χ3v) is 4.58. The third kappa shape index (κ3) is 3.59. The zero-order valence-corrected chi connectivity index (χ0v) is 13.2. The summed E-state index contributed by atoms with van der Waals surface area (Å²) >= 11 is 0. The van der Waals surface area contributed by atoms with E-state index in [1.165, 1.54) is 10.5 Å². The summed E-state index contributed by atoms with van der Waals surface area (Å²) in [7, 11) is 1.70. The van der Waals surface area contributed by atoms with Crippen LogP contribution in [0.15, 0.2) is 24.3 Å². The van der Waals surface area contributed by atoms with Gasteiger partial charge in [-0.1, -0.05) is 12.1 Å². The Morgan fingerprint density at radius 3 is 2.91 bits per heavy atom. The molecular weight excluding hydrogens is 280 g/mol. The van der Waals surface area contributed by atoms with Gasteiger partial charge in [-0.15, -0.1) is 0 Å². The number of rotatable bonds is 4. The molecule has 5 heteroatoms. The monoisotopic (exact) mass is 305 g/mol. The first-order valence-corrected chi connectivity index (χ1v) is 8.13. The van der Waals surface area contributed by atoms with Crippen LogP contribution < -0.4 is 9.64 Å². The van der Waals surface area contributed by atoms with Crippen LogP contribution in [0.4, 0.5) is 0 Å². The van der Waals surface area contributed by atoms with Gasteiger partial charge in [-0.25, -0.2) is 0 Å². The minimum absolute atomic E-state index is 0.181. The number of ether oxygens (including phenoxy) is 2. The number of nitrogens with one attached hydrogen (secondary N) is 1. The molecule has 22 heavy (non-hydrogen) atoms. The number of hydrogen-bond acceptors (Lipinski definition) is 3. The molecule has 2 aliphatic heterocycles. The molecule has 1 aromatic rings. The van der Waals surface area contributed by atoms with Crippen molar-refractivity contribution in [3.05, 3.63) is 29.8 Å². The van der Waals surface area contributed by atoms with E-state index in [0.29, 0.717) is 0 Å². The van der Waals surface area contributed by atoms with E-state index in [9.17, 15) is 4.79 Å². The Balaban J connectivity index is 1.49. The fourth-order valence-corrected chi connectivity index (χ4v) is 3.27. The Bertz CT molecular complexity index is 506. The predicted octanol–water partition coefficient (Wildman–Crippen LogP) is 0.101. The molecule has 2 heterocycles. The van der Waals surface area contributed by atoms with Crippen molar-refractivity contribution < 1.29 is 19.2 Å². The van der Waals surface area contributed by atoms with Gasteiger partial charge in [-0.05, 0) is 25.0 Å². The first-order valence-electron chi connectivity index (χ1n) is 8.13. The molecule has 1 amide bonds. The van der Waals surface area contributed by atoms with Gasteiger partial charge in [0.15, 0.2) is 0 Å². The molecule has 0 radical (unpaired) electrons. The molecule has 3 rings (SSSR count). The van der Waals surface area contributed by atoms with Gasteiger partial charge in [0.2, 0.25) is 0 Å². The lowest BCUT2D eigenvalue weighted by atomic mass is 10.1. The Morgan fingerprint density at radius 2 is 2.23 bits per heavy atom. The number of nitrogens with zero attached hydrogens (tertiary/aromatic N) is 1. The SMILES string of the molecule is COc1cccc(C[NH+]2CCN(C(=O)[C@H]3CCCO3)CC2)c1. The van der Waals surface area contributed by atoms with Gasteiger partial charge in [-0.2, -0.15) is 0 Å². The van der Waals surface area contributed by atoms with Crippen molar-refractivity contribution in [2.24, 2.45) is 0 Å². The number of amides is 1. The summed E-state index contributed by atoms with van der Waals surface area (Å²) in [6, 6.07) is 8.23. The third-order valence-electron chi connectivity index (χ3n) is 4.58. The number of quaternary nitrogens is 1. The summed E-state index contributed by atoms with van der Waals surface area (Å²) in [6.07, 6.45) is 1.72. The van der Waals surface area contributed by atoms with E-state index in [-0.39, 0.29) is 12.0 Å². The zero-order chi connectivity index (χ0) is 15.4. The van der Waals surface area contributed by atoms with Crippen molar-refractivity contribution >= 4 is 5.91 Å². The lowest BCUT2D eigenvalue weighted by Gasteiger charge is -2.33. The number of methoxy groups -OCH3 is 1. The molecule has 5 nitrogen and oxygen atoms in total. The summed E-state index contributed by atoms with van der Waals surface area (Å²) in [5, 5.41) is 0. The van der Waals surface area contributed by atoms with Crippen LogP contribution in [-0.2, 0) is 16.1 Å². The van der Waals surface area contributed by atoms with E-state index in [2.05, 4.69) is 12.1 Å². The van der Waals surface area contributed by atoms with Crippen LogP contribution in [0.5, 0.6) is 5.75 Å². The molecule has 2 saturated heterocycles. The minimum atomic E-state index is -0.181. The second-order valence-corrected chi connectivity index (χ2v) is 6.11. The standard InChI is InChI=1S/C17H24N2O3/c1-21-15-5-2-4-14(12-15)13-18-7-9-19(10-8-18)17(20)16-6-3-11-22-16/h2,4-5,12,16H,3,6-11,13H2,1H3/p+1/t16-/m1/s1. The quantitative estimate of drug-likeness (QED) is 0.858. The summed E-state index contributed by atoms with van der Waals surface area (Å²) in [6.45, 7) is 5.37. The van der Waals surface area contributed by atoms with Crippen LogP contribution in [0.1, 0.15) is 18.4 Å². The van der Waals surface area contributed by atoms with E-state index in [0.717, 1.165) is 57.9 Å². The number of piperazine rings is 1. The highest BCUT2D eigenvalue weighted by Gasteiger charge is 2.31. The predicted molar refractivity (Wildman–Crippen MR) is 82.9 cm³/mol. The van der Waals surface area contributed by atoms with Crippen LogP contribution in [0.25, 0.3) is 0 Å². The van der Waals surface area contributed by atoms with Crippen molar-refractivity contribution in [1.29, 1.82) is 0 Å². The smallest absolute Gasteiger partial charge is 0.252 e. The molecule has 0 spiro atoms. The summed E-state index contributed by atoms with van der Waals surface area (Å²) in [5.74, 6) is 1.10. The largest absolute Gasteiger partial charge is 0.497 e. The fraction of sp³-hybridized carbons (Fsp3) is 0.588. The molecule has 0 aliphatic carbocycles. The fourth-order valence-electron chi connectivity index (χ4n) is 3.27. The lowest BCUT2D eigenvalue weighted by Crippen LogP contribution is -3.13. The minimum Gasteiger partial charge on any atom is -0.497 e. The van der Waals surface area contributed by atoms with Crippen molar-refractivity contribution in [3.63, 3.8) is 0 Å². The first kappa shape index (κ1) is 15.3. The Labute approximate surface area is 131 Å². The van der Waals surface area contributed by atoms with Crippen molar-refractivity contribution in [3.8, 4) is 5.75 Å². The number of carbonyl (C=O) groups is 1. The van der Waals surface area contributed by atoms with Crippen LogP contribution in [0, 0.1) is 0 Å². The second-order valence-electron chi connectivity index (χ2n) is 6.11. The van der Waals surface area contributed by atoms with Crippen molar-refractivity contribution in [1.82, 2.24) is 4.90 Å². The Morgan fingerprint density at radius 1 is 1.41 bits per heavy atom. The molecule has 1 aromatic carbocycles. The first-order chi connectivity index (χ1) is 10.8. The van der Waals surface area contributed by atoms with Gasteiger partial charge in [-0.3, -0.25) is 4.79 Å². The highest BCUT2D eigenvalue weighted by molar-refractivity contribution is 5.81. The summed E-state index contributed by atoms with van der Waals surface area (Å²) in [5.41, 5.74) is 1.29. The van der Waals surface area contributed by atoms with Crippen LogP contribution in [0.2, 0.25) is 0 Å². The zero-order valence-electron chi connectivity index (χ0n) is 13.2. The van der Waals surface area contributed by atoms with E-state index in [4.69, 9.17) is 9.47 Å². The number of carbonyl (C=O) groups excluding carboxylic acids is 1. The van der Waals surface area contributed by atoms with Crippen LogP contribution in [-0.4, -0.2) is 56.8 Å². The molecule has 0 unspecified atom stereocenters. The molecular formula is C17H25N2O3+. The average Bonchev–Trinajstić information content (AvgIpc) is 3.09. The van der Waals surface area contributed by atoms with E-state index in [1.54, 1.807) is 7.11 Å². The second kappa shape index (κ2) is 7.11. The molecule has 0 saturated carbocycles. The maximum atomic E-state index is 12.3. The number of hydrogen-bond donors (Lipinski definition) is 1. The van der Waals surface area contributed by atoms with Gasteiger partial charge < -0.3 is 19.3 Å². The highest BCUT2D eigenvalue weighted by atomic mass is 16.5. The summed E-state index contributed by atoms with van der Waals surface area (Å²) in [4.78, 5) is 15.8. The van der Waals surface area contributed by atoms with Gasteiger partial charge >= 0.3 is 0 Å². The van der Waals surface area contributed by atoms with Gasteiger partial charge in [0.25, 0.3) is 5.91 Å². The molecule has 2 fully saturated rings. The molecule has 2 aliphatic rings. The van der Waals surface area contributed by atoms with Crippen LogP contribution >= 0.6 is 0 Å². The molecule has 1 N–H and O–H groups in total. The van der Waals surface area contributed by atoms with E-state index < -0.39 is 0 Å². The topological polar surface area (TPSA) is 43.2 Å². The lowest BCUT2D eigenvalue weighted by molar-refractivity contribution is -0.917. The summed E-state index contributed by atoms with van der Waals surface area (Å²) < 4.78 is 10.8. The van der Waals surface area contributed by atoms with Crippen LogP contribution in [0.3, 0.4) is 0 Å². The highest BCUT2D eigenvalue weighted by Crippen LogP contribution is 2.15. The normalized spacial score (nSPS) is 22.8. The molecule has 0 aromatic heterocycles. The Kier molecular flexibility index (Phi) is 4.95. The Hall–Kier alpha value is -1.59. The van der Waals surface area contributed by atoms with Gasteiger partial charge in [0.05, 0.1) is 33.3 Å². The van der Waals surface area contributed by atoms with Crippen molar-refractivity contribution in [2.75, 3.05) is 39.9 Å². The van der Waals surface area contributed by atoms with Gasteiger partial charge in [0, 0.05) is 12.2 Å².